The maximum absolute atomic E-state index is 13.0. The second-order valence-electron chi connectivity index (χ2n) is 5.35. The number of carbonyl (C=O) groups is 1. The van der Waals surface area contributed by atoms with E-state index in [0.29, 0.717) is 20.9 Å². The first-order chi connectivity index (χ1) is 10.8. The highest BCUT2D eigenvalue weighted by Gasteiger charge is 2.23. The van der Waals surface area contributed by atoms with E-state index >= 15 is 0 Å². The molecule has 1 heterocycles. The van der Waals surface area contributed by atoms with Crippen LogP contribution in [0.1, 0.15) is 22.8 Å². The summed E-state index contributed by atoms with van der Waals surface area (Å²) in [6.07, 6.45) is 1.40. The van der Waals surface area contributed by atoms with Crippen molar-refractivity contribution in [1.29, 1.82) is 0 Å². The molecule has 0 spiro atoms. The Labute approximate surface area is 142 Å². The highest BCUT2D eigenvalue weighted by molar-refractivity contribution is 9.10. The summed E-state index contributed by atoms with van der Waals surface area (Å²) in [6.45, 7) is 3.32. The SMILES string of the molecule is CC(=O)c1cn(S(=O)(=O)c2ccc(C)cc2)c2c(Br)cccc12. The molecule has 0 amide bonds. The summed E-state index contributed by atoms with van der Waals surface area (Å²) in [6, 6.07) is 11.9. The minimum atomic E-state index is -3.78. The van der Waals surface area contributed by atoms with Crippen LogP contribution in [-0.2, 0) is 10.0 Å². The van der Waals surface area contributed by atoms with E-state index in [9.17, 15) is 13.2 Å². The van der Waals surface area contributed by atoms with Crippen LogP contribution in [0.15, 0.2) is 58.0 Å². The van der Waals surface area contributed by atoms with Gasteiger partial charge in [-0.25, -0.2) is 12.4 Å². The largest absolute Gasteiger partial charge is 0.294 e. The Balaban J connectivity index is 2.36. The average molecular weight is 392 g/mol. The first kappa shape index (κ1) is 16.0. The van der Waals surface area contributed by atoms with Gasteiger partial charge in [0.05, 0.1) is 10.4 Å². The number of halogens is 1. The zero-order valence-corrected chi connectivity index (χ0v) is 15.0. The number of rotatable bonds is 3. The van der Waals surface area contributed by atoms with Crippen LogP contribution >= 0.6 is 15.9 Å². The van der Waals surface area contributed by atoms with E-state index in [0.717, 1.165) is 5.56 Å². The summed E-state index contributed by atoms with van der Waals surface area (Å²) in [5.41, 5.74) is 1.84. The Kier molecular flexibility index (Phi) is 3.90. The van der Waals surface area contributed by atoms with Crippen molar-refractivity contribution in [3.05, 3.63) is 64.3 Å². The van der Waals surface area contributed by atoms with Crippen molar-refractivity contribution in [3.63, 3.8) is 0 Å². The van der Waals surface area contributed by atoms with Crippen molar-refractivity contribution in [2.45, 2.75) is 18.7 Å². The molecule has 0 atom stereocenters. The molecule has 118 valence electrons. The van der Waals surface area contributed by atoms with Crippen LogP contribution in [0.5, 0.6) is 0 Å². The Bertz CT molecular complexity index is 1020. The molecule has 0 saturated carbocycles. The van der Waals surface area contributed by atoms with Crippen LogP contribution in [0.25, 0.3) is 10.9 Å². The number of ketones is 1. The molecule has 3 rings (SSSR count). The fourth-order valence-electron chi connectivity index (χ4n) is 2.50. The lowest BCUT2D eigenvalue weighted by Gasteiger charge is -2.08. The van der Waals surface area contributed by atoms with Gasteiger partial charge in [-0.1, -0.05) is 29.8 Å². The number of aryl methyl sites for hydroxylation is 1. The molecule has 0 radical (unpaired) electrons. The van der Waals surface area contributed by atoms with Gasteiger partial charge in [0.2, 0.25) is 0 Å². The minimum absolute atomic E-state index is 0.175. The van der Waals surface area contributed by atoms with Gasteiger partial charge in [0.25, 0.3) is 10.0 Å². The van der Waals surface area contributed by atoms with Crippen LogP contribution in [0, 0.1) is 6.92 Å². The number of benzene rings is 2. The first-order valence-corrected chi connectivity index (χ1v) is 9.18. The summed E-state index contributed by atoms with van der Waals surface area (Å²) < 4.78 is 27.8. The molecule has 0 saturated heterocycles. The van der Waals surface area contributed by atoms with Crippen LogP contribution in [0.4, 0.5) is 0 Å². The predicted molar refractivity (Wildman–Crippen MR) is 93.4 cm³/mol. The molecular formula is C17H14BrNO3S. The van der Waals surface area contributed by atoms with Gasteiger partial charge in [-0.3, -0.25) is 4.79 Å². The third-order valence-corrected chi connectivity index (χ3v) is 6.01. The van der Waals surface area contributed by atoms with Gasteiger partial charge in [-0.2, -0.15) is 0 Å². The number of para-hydroxylation sites is 1. The molecule has 0 N–H and O–H groups in total. The van der Waals surface area contributed by atoms with Crippen molar-refractivity contribution >= 4 is 42.6 Å². The van der Waals surface area contributed by atoms with Crippen molar-refractivity contribution in [2.24, 2.45) is 0 Å². The quantitative estimate of drug-likeness (QED) is 0.630. The predicted octanol–water partition coefficient (Wildman–Crippen LogP) is 4.15. The molecule has 0 bridgehead atoms. The van der Waals surface area contributed by atoms with Gasteiger partial charge in [-0.15, -0.1) is 0 Å². The number of nitrogens with zero attached hydrogens (tertiary/aromatic N) is 1. The molecule has 23 heavy (non-hydrogen) atoms. The summed E-state index contributed by atoms with van der Waals surface area (Å²) in [5.74, 6) is -0.175. The van der Waals surface area contributed by atoms with E-state index in [4.69, 9.17) is 0 Å². The molecule has 2 aromatic carbocycles. The fraction of sp³-hybridized carbons (Fsp3) is 0.118. The average Bonchev–Trinajstić information content (AvgIpc) is 2.89. The highest BCUT2D eigenvalue weighted by Crippen LogP contribution is 2.31. The van der Waals surface area contributed by atoms with Gasteiger partial charge in [-0.05, 0) is 48.0 Å². The normalized spacial score (nSPS) is 11.8. The maximum Gasteiger partial charge on any atom is 0.268 e. The molecule has 0 aliphatic carbocycles. The number of hydrogen-bond acceptors (Lipinski definition) is 3. The zero-order valence-electron chi connectivity index (χ0n) is 12.6. The van der Waals surface area contributed by atoms with E-state index in [1.807, 2.05) is 6.92 Å². The molecule has 0 aliphatic rings. The molecule has 1 aromatic heterocycles. The van der Waals surface area contributed by atoms with Crippen LogP contribution in [-0.4, -0.2) is 18.2 Å². The van der Waals surface area contributed by atoms with Crippen molar-refractivity contribution in [3.8, 4) is 0 Å². The highest BCUT2D eigenvalue weighted by atomic mass is 79.9. The van der Waals surface area contributed by atoms with Gasteiger partial charge in [0.1, 0.15) is 0 Å². The topological polar surface area (TPSA) is 56.1 Å². The monoisotopic (exact) mass is 391 g/mol. The summed E-state index contributed by atoms with van der Waals surface area (Å²) in [5, 5.41) is 0.613. The van der Waals surface area contributed by atoms with Crippen LogP contribution < -0.4 is 0 Å². The molecule has 0 fully saturated rings. The summed E-state index contributed by atoms with van der Waals surface area (Å²) in [7, 11) is -3.78. The molecule has 0 aliphatic heterocycles. The van der Waals surface area contributed by atoms with Crippen LogP contribution in [0.2, 0.25) is 0 Å². The minimum Gasteiger partial charge on any atom is -0.294 e. The maximum atomic E-state index is 13.0. The lowest BCUT2D eigenvalue weighted by atomic mass is 10.1. The van der Waals surface area contributed by atoms with Gasteiger partial charge in [0.15, 0.2) is 5.78 Å². The van der Waals surface area contributed by atoms with Crippen LogP contribution in [0.3, 0.4) is 0 Å². The van der Waals surface area contributed by atoms with Crippen molar-refractivity contribution < 1.29 is 13.2 Å². The Morgan fingerprint density at radius 3 is 2.35 bits per heavy atom. The van der Waals surface area contributed by atoms with E-state index in [1.165, 1.54) is 17.1 Å². The molecule has 3 aromatic rings. The summed E-state index contributed by atoms with van der Waals surface area (Å²) in [4.78, 5) is 12.1. The number of hydrogen-bond donors (Lipinski definition) is 0. The van der Waals surface area contributed by atoms with Crippen molar-refractivity contribution in [2.75, 3.05) is 0 Å². The Hall–Kier alpha value is -1.92. The molecule has 6 heteroatoms. The number of fused-ring (bicyclic) bond motifs is 1. The number of carbonyl (C=O) groups excluding carboxylic acids is 1. The lowest BCUT2D eigenvalue weighted by molar-refractivity contribution is 0.101. The summed E-state index contributed by atoms with van der Waals surface area (Å²) >= 11 is 3.39. The smallest absolute Gasteiger partial charge is 0.268 e. The van der Waals surface area contributed by atoms with Gasteiger partial charge >= 0.3 is 0 Å². The van der Waals surface area contributed by atoms with Gasteiger partial charge in [0, 0.05) is 21.6 Å². The molecule has 4 nitrogen and oxygen atoms in total. The number of aromatic nitrogens is 1. The van der Waals surface area contributed by atoms with Crippen molar-refractivity contribution in [1.82, 2.24) is 3.97 Å². The zero-order chi connectivity index (χ0) is 16.8. The lowest BCUT2D eigenvalue weighted by Crippen LogP contribution is -2.12. The molecule has 0 unspecified atom stereocenters. The second kappa shape index (κ2) is 5.62. The number of Topliss-reactive ketones (excluding diaryl/α,β-unsaturated/α-hetero) is 1. The van der Waals surface area contributed by atoms with E-state index in [-0.39, 0.29) is 10.7 Å². The Morgan fingerprint density at radius 2 is 1.74 bits per heavy atom. The third-order valence-electron chi connectivity index (χ3n) is 3.70. The second-order valence-corrected chi connectivity index (χ2v) is 8.02. The van der Waals surface area contributed by atoms with E-state index in [2.05, 4.69) is 15.9 Å². The van der Waals surface area contributed by atoms with E-state index in [1.54, 1.807) is 42.5 Å². The van der Waals surface area contributed by atoms with E-state index < -0.39 is 10.0 Å². The standard InChI is InChI=1S/C17H14BrNO3S/c1-11-6-8-13(9-7-11)23(21,22)19-10-15(12(2)20)14-4-3-5-16(18)17(14)19/h3-10H,1-2H3. The third kappa shape index (κ3) is 2.62. The first-order valence-electron chi connectivity index (χ1n) is 6.95. The van der Waals surface area contributed by atoms with Gasteiger partial charge < -0.3 is 0 Å². The fourth-order valence-corrected chi connectivity index (χ4v) is 4.56. The Morgan fingerprint density at radius 1 is 1.09 bits per heavy atom. The molecular weight excluding hydrogens is 378 g/mol.